The number of allylic oxidation sites excluding steroid dienone is 2. The lowest BCUT2D eigenvalue weighted by molar-refractivity contribution is 0.0973. The monoisotopic (exact) mass is 350 g/mol. The number of hydrogen-bond acceptors (Lipinski definition) is 4. The number of hydrogen-bond donors (Lipinski definition) is 0. The smallest absolute Gasteiger partial charge is 0.190 e. The van der Waals surface area contributed by atoms with Gasteiger partial charge in [-0.25, -0.2) is 0 Å². The molecule has 0 amide bonds. The Morgan fingerprint density at radius 2 is 1.23 bits per heavy atom. The third-order valence-corrected chi connectivity index (χ3v) is 4.98. The number of carbonyl (C=O) groups excluding carboxylic acids is 2. The van der Waals surface area contributed by atoms with E-state index >= 15 is 0 Å². The normalized spacial score (nSPS) is 13.7. The van der Waals surface area contributed by atoms with Crippen LogP contribution in [0.3, 0.4) is 0 Å². The lowest BCUT2D eigenvalue weighted by Gasteiger charge is -2.21. The zero-order valence-electron chi connectivity index (χ0n) is 15.7. The van der Waals surface area contributed by atoms with Crippen molar-refractivity contribution >= 4 is 11.6 Å². The Labute approximate surface area is 153 Å². The van der Waals surface area contributed by atoms with Crippen LogP contribution in [-0.4, -0.2) is 25.8 Å². The van der Waals surface area contributed by atoms with Gasteiger partial charge in [-0.1, -0.05) is 0 Å². The minimum atomic E-state index is -0.0815. The van der Waals surface area contributed by atoms with E-state index in [2.05, 4.69) is 0 Å². The van der Waals surface area contributed by atoms with Crippen molar-refractivity contribution in [3.05, 3.63) is 69.3 Å². The number of carbonyl (C=O) groups is 2. The maximum atomic E-state index is 13.1. The first kappa shape index (κ1) is 17.9. The van der Waals surface area contributed by atoms with Crippen molar-refractivity contribution in [3.63, 3.8) is 0 Å². The summed E-state index contributed by atoms with van der Waals surface area (Å²) < 4.78 is 10.6. The van der Waals surface area contributed by atoms with E-state index in [1.165, 1.54) is 0 Å². The van der Waals surface area contributed by atoms with Gasteiger partial charge in [0.15, 0.2) is 11.6 Å². The van der Waals surface area contributed by atoms with Gasteiger partial charge < -0.3 is 9.47 Å². The van der Waals surface area contributed by atoms with Crippen LogP contribution in [0.5, 0.6) is 11.5 Å². The Morgan fingerprint density at radius 3 is 1.73 bits per heavy atom. The summed E-state index contributed by atoms with van der Waals surface area (Å²) in [5, 5.41) is 0. The highest BCUT2D eigenvalue weighted by Crippen LogP contribution is 2.32. The minimum absolute atomic E-state index is 0.0763. The molecule has 0 unspecified atom stereocenters. The number of methoxy groups -OCH3 is 2. The Balaban J connectivity index is 2.06. The quantitative estimate of drug-likeness (QED) is 0.827. The molecular weight excluding hydrogens is 328 g/mol. The number of ketones is 2. The molecule has 2 aromatic carbocycles. The predicted molar refractivity (Wildman–Crippen MR) is 101 cm³/mol. The van der Waals surface area contributed by atoms with Crippen molar-refractivity contribution in [2.45, 2.75) is 27.2 Å². The molecule has 0 saturated carbocycles. The summed E-state index contributed by atoms with van der Waals surface area (Å²) in [6.45, 7) is 5.63. The second-order valence-electron chi connectivity index (χ2n) is 6.64. The maximum absolute atomic E-state index is 13.1. The number of fused-ring (bicyclic) bond motifs is 1. The molecule has 0 fully saturated rings. The summed E-state index contributed by atoms with van der Waals surface area (Å²) in [5.74, 6) is 1.15. The molecule has 2 aromatic rings. The average molecular weight is 350 g/mol. The molecule has 26 heavy (non-hydrogen) atoms. The fraction of sp³-hybridized carbons (Fsp3) is 0.273. The predicted octanol–water partition coefficient (Wildman–Crippen LogP) is 4.26. The van der Waals surface area contributed by atoms with Crippen molar-refractivity contribution in [1.29, 1.82) is 0 Å². The topological polar surface area (TPSA) is 52.6 Å². The standard InChI is InChI=1S/C22H22O4/c1-12-6-19-20(7-13(12)2)22(24)18(14(3)21(19)23)10-15-8-16(25-4)11-17(9-15)26-5/h6-9,11H,10H2,1-5H3. The van der Waals surface area contributed by atoms with Gasteiger partial charge in [-0.05, 0) is 61.7 Å². The lowest BCUT2D eigenvalue weighted by atomic mass is 9.81. The summed E-state index contributed by atoms with van der Waals surface area (Å²) in [5.41, 5.74) is 4.92. The molecule has 0 radical (unpaired) electrons. The maximum Gasteiger partial charge on any atom is 0.190 e. The van der Waals surface area contributed by atoms with Crippen molar-refractivity contribution in [3.8, 4) is 11.5 Å². The SMILES string of the molecule is COc1cc(CC2=C(C)C(=O)c3cc(C)c(C)cc3C2=O)cc(OC)c1. The largest absolute Gasteiger partial charge is 0.497 e. The molecular formula is C22H22O4. The van der Waals surface area contributed by atoms with E-state index in [0.29, 0.717) is 40.2 Å². The summed E-state index contributed by atoms with van der Waals surface area (Å²) in [6, 6.07) is 9.14. The highest BCUT2D eigenvalue weighted by atomic mass is 16.5. The van der Waals surface area contributed by atoms with E-state index < -0.39 is 0 Å². The molecule has 0 N–H and O–H groups in total. The third kappa shape index (κ3) is 3.03. The molecule has 4 heteroatoms. The van der Waals surface area contributed by atoms with E-state index in [1.807, 2.05) is 38.1 Å². The van der Waals surface area contributed by atoms with Gasteiger partial charge in [0.25, 0.3) is 0 Å². The minimum Gasteiger partial charge on any atom is -0.497 e. The van der Waals surface area contributed by atoms with Gasteiger partial charge in [-0.15, -0.1) is 0 Å². The molecule has 0 bridgehead atoms. The highest BCUT2D eigenvalue weighted by Gasteiger charge is 2.30. The van der Waals surface area contributed by atoms with Crippen LogP contribution in [0, 0.1) is 13.8 Å². The van der Waals surface area contributed by atoms with Crippen LogP contribution >= 0.6 is 0 Å². The lowest BCUT2D eigenvalue weighted by Crippen LogP contribution is -2.22. The molecule has 1 aliphatic carbocycles. The van der Waals surface area contributed by atoms with Crippen LogP contribution in [0.2, 0.25) is 0 Å². The molecule has 0 spiro atoms. The molecule has 0 saturated heterocycles. The van der Waals surface area contributed by atoms with E-state index in [9.17, 15) is 9.59 Å². The van der Waals surface area contributed by atoms with Gasteiger partial charge in [-0.3, -0.25) is 9.59 Å². The van der Waals surface area contributed by atoms with E-state index in [0.717, 1.165) is 16.7 Å². The van der Waals surface area contributed by atoms with Gasteiger partial charge >= 0.3 is 0 Å². The van der Waals surface area contributed by atoms with Gasteiger partial charge in [0.2, 0.25) is 0 Å². The number of rotatable bonds is 4. The summed E-state index contributed by atoms with van der Waals surface area (Å²) in [6.07, 6.45) is 0.357. The summed E-state index contributed by atoms with van der Waals surface area (Å²) in [7, 11) is 3.17. The van der Waals surface area contributed by atoms with Crippen molar-refractivity contribution in [1.82, 2.24) is 0 Å². The molecule has 0 heterocycles. The Bertz CT molecular complexity index is 929. The fourth-order valence-corrected chi connectivity index (χ4v) is 3.25. The summed E-state index contributed by atoms with van der Waals surface area (Å²) >= 11 is 0. The van der Waals surface area contributed by atoms with Gasteiger partial charge in [0.05, 0.1) is 14.2 Å². The second-order valence-corrected chi connectivity index (χ2v) is 6.64. The van der Waals surface area contributed by atoms with Crippen LogP contribution < -0.4 is 9.47 Å². The number of ether oxygens (including phenoxy) is 2. The van der Waals surface area contributed by atoms with Gasteiger partial charge in [-0.2, -0.15) is 0 Å². The average Bonchev–Trinajstić information content (AvgIpc) is 2.64. The van der Waals surface area contributed by atoms with Crippen LogP contribution in [-0.2, 0) is 6.42 Å². The first-order valence-electron chi connectivity index (χ1n) is 8.48. The van der Waals surface area contributed by atoms with Crippen molar-refractivity contribution in [2.24, 2.45) is 0 Å². The Hall–Kier alpha value is -2.88. The van der Waals surface area contributed by atoms with E-state index in [1.54, 1.807) is 27.2 Å². The van der Waals surface area contributed by atoms with Crippen molar-refractivity contribution in [2.75, 3.05) is 14.2 Å². The van der Waals surface area contributed by atoms with Crippen molar-refractivity contribution < 1.29 is 19.1 Å². The molecule has 134 valence electrons. The first-order valence-corrected chi connectivity index (χ1v) is 8.48. The van der Waals surface area contributed by atoms with Crippen LogP contribution in [0.1, 0.15) is 44.3 Å². The van der Waals surface area contributed by atoms with Gasteiger partial charge in [0, 0.05) is 34.8 Å². The van der Waals surface area contributed by atoms with Crippen LogP contribution in [0.4, 0.5) is 0 Å². The molecule has 1 aliphatic rings. The van der Waals surface area contributed by atoms with Crippen LogP contribution in [0.25, 0.3) is 0 Å². The highest BCUT2D eigenvalue weighted by molar-refractivity contribution is 6.27. The number of benzene rings is 2. The van der Waals surface area contributed by atoms with E-state index in [-0.39, 0.29) is 11.6 Å². The molecule has 4 nitrogen and oxygen atoms in total. The fourth-order valence-electron chi connectivity index (χ4n) is 3.25. The van der Waals surface area contributed by atoms with Gasteiger partial charge in [0.1, 0.15) is 11.5 Å². The second kappa shape index (κ2) is 6.79. The molecule has 0 aliphatic heterocycles. The number of aryl methyl sites for hydroxylation is 2. The van der Waals surface area contributed by atoms with Crippen LogP contribution in [0.15, 0.2) is 41.5 Å². The Kier molecular flexibility index (Phi) is 4.68. The number of Topliss-reactive ketones (excluding diaryl/α,β-unsaturated/α-hetero) is 2. The zero-order valence-corrected chi connectivity index (χ0v) is 15.7. The Morgan fingerprint density at radius 1 is 0.731 bits per heavy atom. The van der Waals surface area contributed by atoms with E-state index in [4.69, 9.17) is 9.47 Å². The summed E-state index contributed by atoms with van der Waals surface area (Å²) in [4.78, 5) is 25.9. The molecule has 0 aromatic heterocycles. The first-order chi connectivity index (χ1) is 12.3. The molecule has 3 rings (SSSR count). The zero-order chi connectivity index (χ0) is 19.0. The third-order valence-electron chi connectivity index (χ3n) is 4.98. The molecule has 0 atom stereocenters.